The van der Waals surface area contributed by atoms with Gasteiger partial charge in [0.25, 0.3) is 0 Å². The van der Waals surface area contributed by atoms with Crippen LogP contribution in [0.25, 0.3) is 11.0 Å². The molecule has 3 aromatic rings. The molecular formula is C17H19ClN4O3S. The highest BCUT2D eigenvalue weighted by atomic mass is 35.5. The molecule has 26 heavy (non-hydrogen) atoms. The highest BCUT2D eigenvalue weighted by molar-refractivity contribution is 7.89. The second-order valence-corrected chi connectivity index (χ2v) is 8.13. The molecule has 2 heterocycles. The van der Waals surface area contributed by atoms with Gasteiger partial charge in [-0.05, 0) is 40.5 Å². The Bertz CT molecular complexity index is 993. The smallest absolute Gasteiger partial charge is 0.245 e. The zero-order valence-electron chi connectivity index (χ0n) is 13.9. The lowest BCUT2D eigenvalue weighted by molar-refractivity contribution is 0.315. The monoisotopic (exact) mass is 394 g/mol. The molecule has 0 spiro atoms. The summed E-state index contributed by atoms with van der Waals surface area (Å²) in [5.74, 6) is 0.155. The lowest BCUT2D eigenvalue weighted by Crippen LogP contribution is -2.30. The molecule has 0 aliphatic carbocycles. The summed E-state index contributed by atoms with van der Waals surface area (Å²) in [4.78, 5) is 0.121. The highest BCUT2D eigenvalue weighted by Gasteiger charge is 2.40. The minimum Gasteiger partial charge on any atom is -0.330 e. The predicted molar refractivity (Wildman–Crippen MR) is 99.5 cm³/mol. The van der Waals surface area contributed by atoms with Gasteiger partial charge in [-0.2, -0.15) is 4.31 Å². The fourth-order valence-corrected chi connectivity index (χ4v) is 5.13. The van der Waals surface area contributed by atoms with Crippen molar-refractivity contribution in [2.75, 3.05) is 19.6 Å². The molecule has 0 amide bonds. The van der Waals surface area contributed by atoms with E-state index in [1.807, 2.05) is 30.3 Å². The van der Waals surface area contributed by atoms with Crippen LogP contribution in [0.3, 0.4) is 0 Å². The van der Waals surface area contributed by atoms with Crippen LogP contribution in [0.5, 0.6) is 0 Å². The molecule has 2 atom stereocenters. The quantitative estimate of drug-likeness (QED) is 0.726. The lowest BCUT2D eigenvalue weighted by atomic mass is 9.89. The number of nitrogens with zero attached hydrogens (tertiary/aromatic N) is 3. The van der Waals surface area contributed by atoms with E-state index in [-0.39, 0.29) is 34.7 Å². The summed E-state index contributed by atoms with van der Waals surface area (Å²) >= 11 is 0. The summed E-state index contributed by atoms with van der Waals surface area (Å²) in [6.45, 7) is 1.22. The minimum atomic E-state index is -3.70. The largest absolute Gasteiger partial charge is 0.330 e. The van der Waals surface area contributed by atoms with Crippen molar-refractivity contribution in [1.29, 1.82) is 0 Å². The Morgan fingerprint density at radius 3 is 2.58 bits per heavy atom. The number of sulfonamides is 1. The standard InChI is InChI=1S/C17H18N4O3S.ClH/c18-9-13-10-21(11-14(13)12-5-2-1-3-6-12)25(22,23)16-8-4-7-15-17(16)20-24-19-15;/h1-8,13-14H,9-11,18H2;1H/t13-,14+;/m1./s1. The van der Waals surface area contributed by atoms with Gasteiger partial charge in [-0.25, -0.2) is 13.0 Å². The second kappa shape index (κ2) is 7.32. The second-order valence-electron chi connectivity index (χ2n) is 6.22. The molecule has 2 aromatic carbocycles. The maximum absolute atomic E-state index is 13.2. The molecule has 4 rings (SSSR count). The van der Waals surface area contributed by atoms with Crippen LogP contribution >= 0.6 is 12.4 Å². The number of fused-ring (bicyclic) bond motifs is 1. The summed E-state index contributed by atoms with van der Waals surface area (Å²) in [7, 11) is -3.70. The van der Waals surface area contributed by atoms with Crippen LogP contribution in [0.2, 0.25) is 0 Å². The molecule has 0 unspecified atom stereocenters. The average molecular weight is 395 g/mol. The number of aromatic nitrogens is 2. The van der Waals surface area contributed by atoms with E-state index >= 15 is 0 Å². The predicted octanol–water partition coefficient (Wildman–Crippen LogP) is 2.01. The molecule has 138 valence electrons. The van der Waals surface area contributed by atoms with E-state index in [2.05, 4.69) is 10.3 Å². The normalized spacial score (nSPS) is 21.0. The van der Waals surface area contributed by atoms with E-state index in [4.69, 9.17) is 10.4 Å². The molecule has 1 aromatic heterocycles. The third-order valence-corrected chi connectivity index (χ3v) is 6.67. The summed E-state index contributed by atoms with van der Waals surface area (Å²) in [6.07, 6.45) is 0. The fourth-order valence-electron chi connectivity index (χ4n) is 3.47. The van der Waals surface area contributed by atoms with Crippen molar-refractivity contribution in [3.63, 3.8) is 0 Å². The topological polar surface area (TPSA) is 102 Å². The highest BCUT2D eigenvalue weighted by Crippen LogP contribution is 2.36. The summed E-state index contributed by atoms with van der Waals surface area (Å²) in [5, 5.41) is 7.48. The van der Waals surface area contributed by atoms with Crippen LogP contribution in [0, 0.1) is 5.92 Å². The fraction of sp³-hybridized carbons (Fsp3) is 0.294. The Kier molecular flexibility index (Phi) is 5.29. The molecule has 7 nitrogen and oxygen atoms in total. The summed E-state index contributed by atoms with van der Waals surface area (Å²) < 4.78 is 32.5. The first-order valence-corrected chi connectivity index (χ1v) is 9.51. The SMILES string of the molecule is Cl.NC[C@@H]1CN(S(=O)(=O)c2cccc3nonc23)C[C@H]1c1ccccc1. The van der Waals surface area contributed by atoms with Gasteiger partial charge in [0.2, 0.25) is 10.0 Å². The number of nitrogens with two attached hydrogens (primary N) is 1. The van der Waals surface area contributed by atoms with Crippen molar-refractivity contribution in [3.8, 4) is 0 Å². The molecule has 9 heteroatoms. The van der Waals surface area contributed by atoms with Crippen LogP contribution in [-0.4, -0.2) is 42.7 Å². The van der Waals surface area contributed by atoms with Gasteiger partial charge in [0.15, 0.2) is 5.52 Å². The first-order valence-electron chi connectivity index (χ1n) is 8.07. The molecule has 2 N–H and O–H groups in total. The Labute approximate surface area is 157 Å². The van der Waals surface area contributed by atoms with Gasteiger partial charge in [0, 0.05) is 19.0 Å². The molecule has 1 saturated heterocycles. The Morgan fingerprint density at radius 1 is 1.08 bits per heavy atom. The number of hydrogen-bond acceptors (Lipinski definition) is 6. The van der Waals surface area contributed by atoms with Crippen molar-refractivity contribution >= 4 is 33.5 Å². The maximum Gasteiger partial charge on any atom is 0.245 e. The van der Waals surface area contributed by atoms with Crippen LogP contribution in [0.15, 0.2) is 58.1 Å². The molecular weight excluding hydrogens is 376 g/mol. The zero-order valence-corrected chi connectivity index (χ0v) is 15.5. The summed E-state index contributed by atoms with van der Waals surface area (Å²) in [5.41, 5.74) is 7.71. The van der Waals surface area contributed by atoms with Crippen molar-refractivity contribution in [1.82, 2.24) is 14.6 Å². The van der Waals surface area contributed by atoms with Crippen molar-refractivity contribution in [2.24, 2.45) is 11.7 Å². The number of benzene rings is 2. The zero-order chi connectivity index (χ0) is 17.4. The lowest BCUT2D eigenvalue weighted by Gasteiger charge is -2.17. The molecule has 1 fully saturated rings. The third-order valence-electron chi connectivity index (χ3n) is 4.80. The van der Waals surface area contributed by atoms with Crippen LogP contribution < -0.4 is 5.73 Å². The van der Waals surface area contributed by atoms with Gasteiger partial charge in [0.1, 0.15) is 10.4 Å². The molecule has 0 radical (unpaired) electrons. The molecule has 0 bridgehead atoms. The van der Waals surface area contributed by atoms with Gasteiger partial charge >= 0.3 is 0 Å². The van der Waals surface area contributed by atoms with Crippen molar-refractivity contribution < 1.29 is 13.0 Å². The van der Waals surface area contributed by atoms with Gasteiger partial charge in [-0.3, -0.25) is 0 Å². The third kappa shape index (κ3) is 3.09. The van der Waals surface area contributed by atoms with Gasteiger partial charge in [0.05, 0.1) is 0 Å². The molecule has 1 aliphatic rings. The maximum atomic E-state index is 13.2. The Morgan fingerprint density at radius 2 is 1.85 bits per heavy atom. The number of halogens is 1. The van der Waals surface area contributed by atoms with Crippen molar-refractivity contribution in [2.45, 2.75) is 10.8 Å². The van der Waals surface area contributed by atoms with Gasteiger partial charge in [-0.15, -0.1) is 12.4 Å². The van der Waals surface area contributed by atoms with E-state index in [0.717, 1.165) is 5.56 Å². The van der Waals surface area contributed by atoms with Gasteiger partial charge in [-0.1, -0.05) is 36.4 Å². The van der Waals surface area contributed by atoms with Crippen LogP contribution in [-0.2, 0) is 10.0 Å². The Hall–Kier alpha value is -2.00. The number of rotatable bonds is 4. The average Bonchev–Trinajstić information content (AvgIpc) is 3.29. The molecule has 1 aliphatic heterocycles. The van der Waals surface area contributed by atoms with E-state index in [1.54, 1.807) is 12.1 Å². The molecule has 0 saturated carbocycles. The van der Waals surface area contributed by atoms with E-state index in [1.165, 1.54) is 10.4 Å². The van der Waals surface area contributed by atoms with Crippen molar-refractivity contribution in [3.05, 3.63) is 54.1 Å². The van der Waals surface area contributed by atoms with E-state index in [9.17, 15) is 8.42 Å². The first-order chi connectivity index (χ1) is 12.1. The summed E-state index contributed by atoms with van der Waals surface area (Å²) in [6, 6.07) is 14.8. The van der Waals surface area contributed by atoms with Crippen LogP contribution in [0.1, 0.15) is 11.5 Å². The van der Waals surface area contributed by atoms with E-state index in [0.29, 0.717) is 25.2 Å². The van der Waals surface area contributed by atoms with E-state index < -0.39 is 10.0 Å². The van der Waals surface area contributed by atoms with Crippen LogP contribution in [0.4, 0.5) is 0 Å². The van der Waals surface area contributed by atoms with Gasteiger partial charge < -0.3 is 5.73 Å². The minimum absolute atomic E-state index is 0. The Balaban J connectivity index is 0.00000196. The number of hydrogen-bond donors (Lipinski definition) is 1. The first kappa shape index (κ1) is 18.8.